The first-order valence-corrected chi connectivity index (χ1v) is 9.90. The number of amides is 1. The third kappa shape index (κ3) is 5.21. The molecule has 1 aliphatic heterocycles. The summed E-state index contributed by atoms with van der Waals surface area (Å²) < 4.78 is 34.6. The molecule has 2 aromatic rings. The van der Waals surface area contributed by atoms with Crippen molar-refractivity contribution in [3.8, 4) is 5.75 Å². The van der Waals surface area contributed by atoms with Crippen molar-refractivity contribution in [1.82, 2.24) is 14.9 Å². The van der Waals surface area contributed by atoms with E-state index in [0.29, 0.717) is 17.1 Å². The molecule has 2 N–H and O–H groups in total. The number of aromatic nitrogens is 2. The van der Waals surface area contributed by atoms with Crippen LogP contribution in [0.15, 0.2) is 41.5 Å². The highest BCUT2D eigenvalue weighted by molar-refractivity contribution is 5.93. The Balaban J connectivity index is 1.66. The summed E-state index contributed by atoms with van der Waals surface area (Å²) in [6.45, 7) is 5.58. The highest BCUT2D eigenvalue weighted by Crippen LogP contribution is 2.40. The maximum Gasteiger partial charge on any atom is 0.257 e. The van der Waals surface area contributed by atoms with Crippen LogP contribution in [-0.2, 0) is 4.79 Å². The molecule has 1 saturated heterocycles. The van der Waals surface area contributed by atoms with Crippen LogP contribution in [0.2, 0.25) is 0 Å². The molecule has 1 unspecified atom stereocenters. The number of alkyl halides is 2. The molecule has 0 aromatic carbocycles. The van der Waals surface area contributed by atoms with Crippen molar-refractivity contribution in [2.45, 2.75) is 51.2 Å². The minimum atomic E-state index is -2.92. The van der Waals surface area contributed by atoms with Crippen LogP contribution in [0.1, 0.15) is 38.7 Å². The number of carbonyl (C=O) groups excluding carboxylic acids is 1. The average Bonchev–Trinajstić information content (AvgIpc) is 2.69. The highest BCUT2D eigenvalue weighted by atomic mass is 19.3. The van der Waals surface area contributed by atoms with E-state index in [9.17, 15) is 18.4 Å². The van der Waals surface area contributed by atoms with Crippen LogP contribution in [-0.4, -0.2) is 51.9 Å². The molecule has 2 atom stereocenters. The van der Waals surface area contributed by atoms with Gasteiger partial charge in [0.2, 0.25) is 11.5 Å². The summed E-state index contributed by atoms with van der Waals surface area (Å²) in [5, 5.41) is 2.72. The summed E-state index contributed by atoms with van der Waals surface area (Å²) in [4.78, 5) is 32.2. The Morgan fingerprint density at radius 2 is 2.07 bits per heavy atom. The second-order valence-electron chi connectivity index (χ2n) is 7.76. The van der Waals surface area contributed by atoms with Gasteiger partial charge in [0, 0.05) is 31.8 Å². The van der Waals surface area contributed by atoms with E-state index in [4.69, 9.17) is 4.74 Å². The zero-order valence-corrected chi connectivity index (χ0v) is 17.2. The number of nitrogens with zero attached hydrogens (tertiary/aromatic N) is 2. The Kier molecular flexibility index (Phi) is 6.50. The van der Waals surface area contributed by atoms with E-state index in [1.54, 1.807) is 24.0 Å². The Morgan fingerprint density at radius 1 is 1.30 bits per heavy atom. The Morgan fingerprint density at radius 3 is 2.67 bits per heavy atom. The number of ether oxygens (including phenoxy) is 1. The second-order valence-corrected chi connectivity index (χ2v) is 7.76. The number of hydrogen-bond donors (Lipinski definition) is 2. The van der Waals surface area contributed by atoms with Gasteiger partial charge in [-0.3, -0.25) is 14.5 Å². The highest BCUT2D eigenvalue weighted by Gasteiger charge is 2.46. The summed E-state index contributed by atoms with van der Waals surface area (Å²) >= 11 is 0. The first kappa shape index (κ1) is 21.9. The maximum absolute atomic E-state index is 14.5. The molecule has 7 nitrogen and oxygen atoms in total. The van der Waals surface area contributed by atoms with E-state index in [2.05, 4.69) is 15.3 Å². The molecule has 9 heteroatoms. The third-order valence-corrected chi connectivity index (χ3v) is 5.16. The van der Waals surface area contributed by atoms with Crippen LogP contribution in [0, 0.1) is 0 Å². The number of carbonyl (C=O) groups is 1. The standard InChI is InChI=1S/C21H26F2N4O3/c1-13(2)30-16-5-6-18(24-11-16)26-20(29)14(3)27-9-8-21(22,23)17(12-27)15-4-7-19(28)25-10-15/h4-7,10-11,13-14,17H,8-9,12H2,1-3H3,(H,25,28)(H,24,26,29)/t14?,17-/m1/s1. The number of hydrogen-bond acceptors (Lipinski definition) is 5. The van der Waals surface area contributed by atoms with Crippen LogP contribution in [0.4, 0.5) is 14.6 Å². The lowest BCUT2D eigenvalue weighted by Gasteiger charge is -2.40. The molecule has 0 aliphatic carbocycles. The number of rotatable bonds is 6. The zero-order chi connectivity index (χ0) is 21.9. The van der Waals surface area contributed by atoms with Gasteiger partial charge in [-0.05, 0) is 38.5 Å². The van der Waals surface area contributed by atoms with E-state index in [1.807, 2.05) is 13.8 Å². The van der Waals surface area contributed by atoms with Gasteiger partial charge in [-0.25, -0.2) is 13.8 Å². The van der Waals surface area contributed by atoms with Gasteiger partial charge >= 0.3 is 0 Å². The summed E-state index contributed by atoms with van der Waals surface area (Å²) in [6, 6.07) is 5.37. The molecule has 0 radical (unpaired) electrons. The van der Waals surface area contributed by atoms with Crippen molar-refractivity contribution in [3.63, 3.8) is 0 Å². The fourth-order valence-corrected chi connectivity index (χ4v) is 3.46. The molecule has 1 aliphatic rings. The monoisotopic (exact) mass is 420 g/mol. The molecule has 30 heavy (non-hydrogen) atoms. The van der Waals surface area contributed by atoms with E-state index in [1.165, 1.54) is 24.5 Å². The number of halogens is 2. The fraction of sp³-hybridized carbons (Fsp3) is 0.476. The molecule has 0 spiro atoms. The first-order chi connectivity index (χ1) is 14.2. The number of aromatic amines is 1. The van der Waals surface area contributed by atoms with Gasteiger partial charge in [0.15, 0.2) is 0 Å². The molecule has 1 amide bonds. The van der Waals surface area contributed by atoms with Gasteiger partial charge in [0.1, 0.15) is 11.6 Å². The second kappa shape index (κ2) is 8.91. The van der Waals surface area contributed by atoms with Crippen LogP contribution < -0.4 is 15.6 Å². The molecular formula is C21H26F2N4O3. The Bertz CT molecular complexity index is 910. The number of pyridine rings is 2. The molecule has 1 fully saturated rings. The fourth-order valence-electron chi connectivity index (χ4n) is 3.46. The van der Waals surface area contributed by atoms with Gasteiger partial charge in [-0.1, -0.05) is 6.07 Å². The summed E-state index contributed by atoms with van der Waals surface area (Å²) in [5.41, 5.74) is -0.000827. The van der Waals surface area contributed by atoms with E-state index >= 15 is 0 Å². The van der Waals surface area contributed by atoms with Crippen molar-refractivity contribution >= 4 is 11.7 Å². The minimum Gasteiger partial charge on any atom is -0.489 e. The lowest BCUT2D eigenvalue weighted by molar-refractivity contribution is -0.125. The van der Waals surface area contributed by atoms with Gasteiger partial charge < -0.3 is 15.0 Å². The zero-order valence-electron chi connectivity index (χ0n) is 17.2. The van der Waals surface area contributed by atoms with E-state index in [0.717, 1.165) is 0 Å². The van der Waals surface area contributed by atoms with Crippen molar-refractivity contribution in [2.24, 2.45) is 0 Å². The quantitative estimate of drug-likeness (QED) is 0.750. The lowest BCUT2D eigenvalue weighted by atomic mass is 9.87. The van der Waals surface area contributed by atoms with Gasteiger partial charge in [-0.15, -0.1) is 0 Å². The molecule has 2 aromatic heterocycles. The predicted molar refractivity (Wildman–Crippen MR) is 109 cm³/mol. The topological polar surface area (TPSA) is 87.3 Å². The minimum absolute atomic E-state index is 0.00221. The molecule has 0 bridgehead atoms. The average molecular weight is 420 g/mol. The summed E-state index contributed by atoms with van der Waals surface area (Å²) in [6.07, 6.45) is 2.49. The Hall–Kier alpha value is -2.81. The summed E-state index contributed by atoms with van der Waals surface area (Å²) in [5.74, 6) is -3.39. The van der Waals surface area contributed by atoms with Crippen molar-refractivity contribution in [1.29, 1.82) is 0 Å². The molecule has 3 rings (SSSR count). The van der Waals surface area contributed by atoms with Crippen molar-refractivity contribution in [2.75, 3.05) is 18.4 Å². The maximum atomic E-state index is 14.5. The molecule has 3 heterocycles. The van der Waals surface area contributed by atoms with Gasteiger partial charge in [0.25, 0.3) is 5.92 Å². The number of nitrogens with one attached hydrogen (secondary N) is 2. The van der Waals surface area contributed by atoms with Gasteiger partial charge in [0.05, 0.1) is 24.3 Å². The number of anilines is 1. The third-order valence-electron chi connectivity index (χ3n) is 5.16. The van der Waals surface area contributed by atoms with E-state index < -0.39 is 17.9 Å². The van der Waals surface area contributed by atoms with Crippen LogP contribution in [0.25, 0.3) is 0 Å². The number of likely N-dealkylation sites (tertiary alicyclic amines) is 1. The lowest BCUT2D eigenvalue weighted by Crippen LogP contribution is -2.52. The van der Waals surface area contributed by atoms with Gasteiger partial charge in [-0.2, -0.15) is 0 Å². The van der Waals surface area contributed by atoms with Crippen molar-refractivity contribution in [3.05, 3.63) is 52.6 Å². The first-order valence-electron chi connectivity index (χ1n) is 9.90. The molecule has 162 valence electrons. The van der Waals surface area contributed by atoms with Crippen LogP contribution >= 0.6 is 0 Å². The largest absolute Gasteiger partial charge is 0.489 e. The predicted octanol–water partition coefficient (Wildman–Crippen LogP) is 3.01. The smallest absolute Gasteiger partial charge is 0.257 e. The number of piperidine rings is 1. The van der Waals surface area contributed by atoms with E-state index in [-0.39, 0.29) is 37.1 Å². The normalized spacial score (nSPS) is 20.0. The Labute approximate surface area is 173 Å². The molecule has 0 saturated carbocycles. The van der Waals surface area contributed by atoms with Crippen molar-refractivity contribution < 1.29 is 18.3 Å². The van der Waals surface area contributed by atoms with Crippen LogP contribution in [0.3, 0.4) is 0 Å². The van der Waals surface area contributed by atoms with Crippen LogP contribution in [0.5, 0.6) is 5.75 Å². The summed E-state index contributed by atoms with van der Waals surface area (Å²) in [7, 11) is 0. The molecular weight excluding hydrogens is 394 g/mol. The SMILES string of the molecule is CC(C)Oc1ccc(NC(=O)C(C)N2CCC(F)(F)[C@@H](c3ccc(=O)[nH]c3)C2)nc1. The number of H-pyrrole nitrogens is 1.